The third-order valence-corrected chi connectivity index (χ3v) is 5.44. The van der Waals surface area contributed by atoms with Crippen LogP contribution >= 0.6 is 0 Å². The summed E-state index contributed by atoms with van der Waals surface area (Å²) < 4.78 is 16.3. The molecule has 32 heavy (non-hydrogen) atoms. The maximum atomic E-state index is 5.44. The summed E-state index contributed by atoms with van der Waals surface area (Å²) in [6.45, 7) is 6.30. The minimum Gasteiger partial charge on any atom is -0.493 e. The van der Waals surface area contributed by atoms with Crippen molar-refractivity contribution >= 4 is 16.9 Å². The molecule has 1 heterocycles. The number of benzene rings is 2. The van der Waals surface area contributed by atoms with E-state index in [0.717, 1.165) is 37.5 Å². The van der Waals surface area contributed by atoms with Gasteiger partial charge >= 0.3 is 0 Å². The number of hydrogen-bond acceptors (Lipinski definition) is 4. The van der Waals surface area contributed by atoms with Crippen molar-refractivity contribution < 1.29 is 14.2 Å². The second-order valence-corrected chi connectivity index (χ2v) is 7.41. The van der Waals surface area contributed by atoms with Gasteiger partial charge in [-0.3, -0.25) is 0 Å². The van der Waals surface area contributed by atoms with E-state index in [2.05, 4.69) is 53.9 Å². The maximum absolute atomic E-state index is 5.44. The number of rotatable bonds is 10. The molecule has 3 rings (SSSR count). The first-order chi connectivity index (χ1) is 15.6. The zero-order valence-corrected chi connectivity index (χ0v) is 19.7. The van der Waals surface area contributed by atoms with Crippen molar-refractivity contribution in [2.75, 3.05) is 34.4 Å². The molecular weight excluding hydrogens is 404 g/mol. The minimum atomic E-state index is 0.485. The summed E-state index contributed by atoms with van der Waals surface area (Å²) in [5.41, 5.74) is 4.87. The van der Waals surface area contributed by atoms with Crippen LogP contribution in [0.1, 0.15) is 30.5 Å². The molecule has 7 heteroatoms. The van der Waals surface area contributed by atoms with Crippen LogP contribution in [0.15, 0.2) is 41.5 Å². The molecule has 0 atom stereocenters. The number of aromatic nitrogens is 1. The summed E-state index contributed by atoms with van der Waals surface area (Å²) in [5.74, 6) is 2.61. The molecular formula is C25H34N4O3. The van der Waals surface area contributed by atoms with Gasteiger partial charge in [-0.2, -0.15) is 0 Å². The second kappa shape index (κ2) is 11.3. The highest BCUT2D eigenvalue weighted by Gasteiger charge is 2.13. The normalized spacial score (nSPS) is 11.5. The Morgan fingerprint density at radius 2 is 1.72 bits per heavy atom. The Hall–Kier alpha value is -3.35. The van der Waals surface area contributed by atoms with Crippen molar-refractivity contribution in [1.29, 1.82) is 0 Å². The van der Waals surface area contributed by atoms with Crippen LogP contribution in [-0.2, 0) is 19.4 Å². The Bertz CT molecular complexity index is 1030. The van der Waals surface area contributed by atoms with Crippen molar-refractivity contribution in [2.24, 2.45) is 4.99 Å². The zero-order valence-electron chi connectivity index (χ0n) is 19.7. The monoisotopic (exact) mass is 438 g/mol. The molecule has 0 aliphatic heterocycles. The Kier molecular flexibility index (Phi) is 8.25. The minimum absolute atomic E-state index is 0.485. The van der Waals surface area contributed by atoms with Crippen LogP contribution in [0.2, 0.25) is 0 Å². The standard InChI is InChI=1S/C25H34N4O3/c1-6-18-9-8-10-20-19(16-28-23(18)20)11-12-27-25(26-7-2)29-15-17-13-21(30-3)24(32-5)22(14-17)31-4/h8-10,13-14,16,28H,6-7,11-12,15H2,1-5H3,(H2,26,27,29). The fourth-order valence-electron chi connectivity index (χ4n) is 3.83. The zero-order chi connectivity index (χ0) is 22.9. The molecule has 0 aliphatic rings. The van der Waals surface area contributed by atoms with Crippen LogP contribution in [-0.4, -0.2) is 45.4 Å². The molecule has 172 valence electrons. The number of aromatic amines is 1. The van der Waals surface area contributed by atoms with Crippen LogP contribution < -0.4 is 24.8 Å². The molecule has 0 aliphatic carbocycles. The van der Waals surface area contributed by atoms with E-state index in [1.165, 1.54) is 22.0 Å². The van der Waals surface area contributed by atoms with Crippen molar-refractivity contribution in [3.8, 4) is 17.2 Å². The Labute approximate surface area is 190 Å². The Balaban J connectivity index is 1.68. The molecule has 0 saturated heterocycles. The lowest BCUT2D eigenvalue weighted by Crippen LogP contribution is -2.38. The number of aryl methyl sites for hydroxylation is 1. The average Bonchev–Trinajstić information content (AvgIpc) is 3.24. The van der Waals surface area contributed by atoms with Gasteiger partial charge in [0.05, 0.1) is 27.9 Å². The molecule has 3 aromatic rings. The third-order valence-electron chi connectivity index (χ3n) is 5.44. The molecule has 0 spiro atoms. The predicted octanol–water partition coefficient (Wildman–Crippen LogP) is 4.05. The van der Waals surface area contributed by atoms with Gasteiger partial charge in [-0.05, 0) is 48.6 Å². The molecule has 0 fully saturated rings. The summed E-state index contributed by atoms with van der Waals surface area (Å²) in [7, 11) is 4.83. The van der Waals surface area contributed by atoms with Crippen LogP contribution in [0.25, 0.3) is 10.9 Å². The number of hydrogen-bond donors (Lipinski definition) is 3. The maximum Gasteiger partial charge on any atom is 0.203 e. The predicted molar refractivity (Wildman–Crippen MR) is 130 cm³/mol. The van der Waals surface area contributed by atoms with E-state index in [9.17, 15) is 0 Å². The summed E-state index contributed by atoms with van der Waals surface area (Å²) in [6, 6.07) is 10.3. The number of nitrogens with one attached hydrogen (secondary N) is 3. The fraction of sp³-hybridized carbons (Fsp3) is 0.400. The van der Waals surface area contributed by atoms with E-state index in [1.54, 1.807) is 21.3 Å². The summed E-state index contributed by atoms with van der Waals surface area (Å²) in [4.78, 5) is 8.17. The highest BCUT2D eigenvalue weighted by atomic mass is 16.5. The fourth-order valence-corrected chi connectivity index (χ4v) is 3.83. The molecule has 7 nitrogen and oxygen atoms in total. The van der Waals surface area contributed by atoms with Crippen LogP contribution in [0.4, 0.5) is 0 Å². The number of ether oxygens (including phenoxy) is 3. The topological polar surface area (TPSA) is 79.9 Å². The Morgan fingerprint density at radius 1 is 0.969 bits per heavy atom. The quantitative estimate of drug-likeness (QED) is 0.329. The van der Waals surface area contributed by atoms with Crippen LogP contribution in [0.5, 0.6) is 17.2 Å². The second-order valence-electron chi connectivity index (χ2n) is 7.41. The summed E-state index contributed by atoms with van der Waals surface area (Å²) in [5, 5.41) is 8.05. The van der Waals surface area contributed by atoms with E-state index < -0.39 is 0 Å². The van der Waals surface area contributed by atoms with Crippen molar-refractivity contribution in [1.82, 2.24) is 15.6 Å². The summed E-state index contributed by atoms with van der Waals surface area (Å²) in [6.07, 6.45) is 4.04. The number of H-pyrrole nitrogens is 1. The number of fused-ring (bicyclic) bond motifs is 1. The average molecular weight is 439 g/mol. The van der Waals surface area contributed by atoms with Gasteiger partial charge in [0, 0.05) is 30.2 Å². The number of aliphatic imine (C=N–C) groups is 1. The first-order valence-electron chi connectivity index (χ1n) is 11.0. The van der Waals surface area contributed by atoms with E-state index in [1.807, 2.05) is 12.1 Å². The highest BCUT2D eigenvalue weighted by Crippen LogP contribution is 2.38. The van der Waals surface area contributed by atoms with Crippen molar-refractivity contribution in [2.45, 2.75) is 33.2 Å². The smallest absolute Gasteiger partial charge is 0.203 e. The Morgan fingerprint density at radius 3 is 2.34 bits per heavy atom. The van der Waals surface area contributed by atoms with Gasteiger partial charge < -0.3 is 29.8 Å². The van der Waals surface area contributed by atoms with Gasteiger partial charge in [0.1, 0.15) is 0 Å². The SMILES string of the molecule is CCNC(=NCc1cc(OC)c(OC)c(OC)c1)NCCc1c[nH]c2c(CC)cccc12. The number of para-hydroxylation sites is 1. The summed E-state index contributed by atoms with van der Waals surface area (Å²) >= 11 is 0. The van der Waals surface area contributed by atoms with Gasteiger partial charge in [-0.15, -0.1) is 0 Å². The molecule has 0 saturated carbocycles. The molecule has 0 bridgehead atoms. The van der Waals surface area contributed by atoms with Crippen LogP contribution in [0, 0.1) is 0 Å². The van der Waals surface area contributed by atoms with Gasteiger partial charge in [-0.25, -0.2) is 4.99 Å². The lowest BCUT2D eigenvalue weighted by molar-refractivity contribution is 0.324. The lowest BCUT2D eigenvalue weighted by atomic mass is 10.1. The van der Waals surface area contributed by atoms with Crippen molar-refractivity contribution in [3.63, 3.8) is 0 Å². The number of methoxy groups -OCH3 is 3. The number of guanidine groups is 1. The highest BCUT2D eigenvalue weighted by molar-refractivity contribution is 5.86. The first kappa shape index (κ1) is 23.3. The largest absolute Gasteiger partial charge is 0.493 e. The molecule has 0 radical (unpaired) electrons. The van der Waals surface area contributed by atoms with Gasteiger partial charge in [-0.1, -0.05) is 25.1 Å². The van der Waals surface area contributed by atoms with E-state index >= 15 is 0 Å². The molecule has 3 N–H and O–H groups in total. The van der Waals surface area contributed by atoms with E-state index in [-0.39, 0.29) is 0 Å². The van der Waals surface area contributed by atoms with Gasteiger partial charge in [0.2, 0.25) is 5.75 Å². The molecule has 0 amide bonds. The molecule has 0 unspecified atom stereocenters. The molecule has 2 aromatic carbocycles. The molecule has 1 aromatic heterocycles. The third kappa shape index (κ3) is 5.28. The van der Waals surface area contributed by atoms with Crippen molar-refractivity contribution in [3.05, 3.63) is 53.2 Å². The van der Waals surface area contributed by atoms with Gasteiger partial charge in [0.25, 0.3) is 0 Å². The number of nitrogens with zero attached hydrogens (tertiary/aromatic N) is 1. The van der Waals surface area contributed by atoms with E-state index in [0.29, 0.717) is 23.8 Å². The van der Waals surface area contributed by atoms with E-state index in [4.69, 9.17) is 19.2 Å². The van der Waals surface area contributed by atoms with Gasteiger partial charge in [0.15, 0.2) is 17.5 Å². The first-order valence-corrected chi connectivity index (χ1v) is 11.0. The van der Waals surface area contributed by atoms with Crippen LogP contribution in [0.3, 0.4) is 0 Å². The lowest BCUT2D eigenvalue weighted by Gasteiger charge is -2.14.